The molecule has 1 fully saturated rings. The molecule has 1 heterocycles. The van der Waals surface area contributed by atoms with Crippen LogP contribution in [0.15, 0.2) is 21.7 Å². The Labute approximate surface area is 118 Å². The van der Waals surface area contributed by atoms with Crippen LogP contribution in [0.5, 0.6) is 0 Å². The molecule has 1 aromatic rings. The van der Waals surface area contributed by atoms with Gasteiger partial charge < -0.3 is 5.11 Å². The Morgan fingerprint density at radius 3 is 2.68 bits per heavy atom. The zero-order valence-corrected chi connectivity index (χ0v) is 12.8. The lowest BCUT2D eigenvalue weighted by Gasteiger charge is -2.35. The van der Waals surface area contributed by atoms with Gasteiger partial charge in [0.25, 0.3) is 0 Å². The van der Waals surface area contributed by atoms with E-state index in [2.05, 4.69) is 11.6 Å². The van der Waals surface area contributed by atoms with Gasteiger partial charge in [-0.05, 0) is 43.0 Å². The summed E-state index contributed by atoms with van der Waals surface area (Å²) in [7, 11) is -3.47. The Hall–Kier alpha value is -0.430. The molecule has 108 valence electrons. The number of nitrogens with one attached hydrogen (secondary N) is 1. The van der Waals surface area contributed by atoms with Crippen molar-refractivity contribution in [2.45, 2.75) is 48.8 Å². The molecule has 0 spiro atoms. The van der Waals surface area contributed by atoms with Crippen LogP contribution in [0.1, 0.15) is 39.0 Å². The van der Waals surface area contributed by atoms with E-state index in [0.29, 0.717) is 23.0 Å². The highest BCUT2D eigenvalue weighted by Crippen LogP contribution is 2.33. The van der Waals surface area contributed by atoms with E-state index in [1.54, 1.807) is 17.5 Å². The molecule has 0 radical (unpaired) electrons. The van der Waals surface area contributed by atoms with E-state index in [1.807, 2.05) is 0 Å². The van der Waals surface area contributed by atoms with E-state index >= 15 is 0 Å². The molecular weight excluding hydrogens is 282 g/mol. The number of thiophene rings is 1. The molecule has 6 heteroatoms. The molecule has 0 unspecified atom stereocenters. The third-order valence-corrected chi connectivity index (χ3v) is 6.76. The predicted octanol–water partition coefficient (Wildman–Crippen LogP) is 2.36. The topological polar surface area (TPSA) is 66.4 Å². The quantitative estimate of drug-likeness (QED) is 0.877. The van der Waals surface area contributed by atoms with E-state index in [0.717, 1.165) is 19.3 Å². The van der Waals surface area contributed by atoms with Crippen molar-refractivity contribution < 1.29 is 13.5 Å². The van der Waals surface area contributed by atoms with Gasteiger partial charge in [-0.2, -0.15) is 0 Å². The minimum Gasteiger partial charge on any atom is -0.389 e. The first-order chi connectivity index (χ1) is 8.95. The molecule has 0 bridgehead atoms. The smallest absolute Gasteiger partial charge is 0.250 e. The average molecular weight is 303 g/mol. The lowest BCUT2D eigenvalue weighted by molar-refractivity contribution is -0.00441. The normalized spacial score (nSPS) is 28.4. The van der Waals surface area contributed by atoms with Crippen LogP contribution in [0.2, 0.25) is 0 Å². The highest BCUT2D eigenvalue weighted by Gasteiger charge is 2.33. The SMILES string of the molecule is CCC1CCC(O)(CNS(=O)(=O)c2cccs2)CC1. The maximum Gasteiger partial charge on any atom is 0.250 e. The van der Waals surface area contributed by atoms with E-state index in [9.17, 15) is 13.5 Å². The number of aliphatic hydroxyl groups is 1. The fourth-order valence-corrected chi connectivity index (χ4v) is 4.67. The van der Waals surface area contributed by atoms with Crippen LogP contribution in [-0.2, 0) is 10.0 Å². The molecule has 2 N–H and O–H groups in total. The first-order valence-electron chi connectivity index (χ1n) is 6.71. The van der Waals surface area contributed by atoms with Gasteiger partial charge in [-0.1, -0.05) is 19.4 Å². The number of hydrogen-bond acceptors (Lipinski definition) is 4. The molecule has 1 aliphatic carbocycles. The maximum atomic E-state index is 12.0. The molecule has 4 nitrogen and oxygen atoms in total. The van der Waals surface area contributed by atoms with Crippen molar-refractivity contribution in [1.29, 1.82) is 0 Å². The van der Waals surface area contributed by atoms with E-state index in [-0.39, 0.29) is 6.54 Å². The second-order valence-corrected chi connectivity index (χ2v) is 8.27. The summed E-state index contributed by atoms with van der Waals surface area (Å²) in [6.45, 7) is 2.28. The molecule has 1 aromatic heterocycles. The summed E-state index contributed by atoms with van der Waals surface area (Å²) in [5.74, 6) is 0.675. The fraction of sp³-hybridized carbons (Fsp3) is 0.692. The van der Waals surface area contributed by atoms with Crippen molar-refractivity contribution in [3.05, 3.63) is 17.5 Å². The molecule has 19 heavy (non-hydrogen) atoms. The lowest BCUT2D eigenvalue weighted by atomic mass is 9.78. The van der Waals surface area contributed by atoms with Gasteiger partial charge in [-0.25, -0.2) is 13.1 Å². The molecular formula is C13H21NO3S2. The summed E-state index contributed by atoms with van der Waals surface area (Å²) >= 11 is 1.19. The Morgan fingerprint density at radius 1 is 1.47 bits per heavy atom. The monoisotopic (exact) mass is 303 g/mol. The van der Waals surface area contributed by atoms with Gasteiger partial charge in [-0.3, -0.25) is 0 Å². The molecule has 1 aliphatic rings. The summed E-state index contributed by atoms with van der Waals surface area (Å²) in [5.41, 5.74) is -0.879. The summed E-state index contributed by atoms with van der Waals surface area (Å²) < 4.78 is 26.8. The van der Waals surface area contributed by atoms with Crippen molar-refractivity contribution in [3.63, 3.8) is 0 Å². The second-order valence-electron chi connectivity index (χ2n) is 5.33. The maximum absolute atomic E-state index is 12.0. The molecule has 0 aromatic carbocycles. The molecule has 0 saturated heterocycles. The zero-order chi connectivity index (χ0) is 13.9. The summed E-state index contributed by atoms with van der Waals surface area (Å²) in [4.78, 5) is 0. The lowest BCUT2D eigenvalue weighted by Crippen LogP contribution is -2.45. The van der Waals surface area contributed by atoms with Crippen LogP contribution in [0.25, 0.3) is 0 Å². The summed E-state index contributed by atoms with van der Waals surface area (Å²) in [6.07, 6.45) is 4.45. The summed E-state index contributed by atoms with van der Waals surface area (Å²) in [5, 5.41) is 12.2. The van der Waals surface area contributed by atoms with E-state index in [1.165, 1.54) is 11.3 Å². The average Bonchev–Trinajstić information content (AvgIpc) is 2.93. The first kappa shape index (κ1) is 15.0. The van der Waals surface area contributed by atoms with Crippen molar-refractivity contribution >= 4 is 21.4 Å². The van der Waals surface area contributed by atoms with Crippen molar-refractivity contribution in [3.8, 4) is 0 Å². The fourth-order valence-electron chi connectivity index (χ4n) is 2.52. The third kappa shape index (κ3) is 3.78. The highest BCUT2D eigenvalue weighted by molar-refractivity contribution is 7.91. The minimum absolute atomic E-state index is 0.115. The molecule has 0 aliphatic heterocycles. The first-order valence-corrected chi connectivity index (χ1v) is 9.07. The van der Waals surface area contributed by atoms with E-state index in [4.69, 9.17) is 0 Å². The second kappa shape index (κ2) is 5.91. The van der Waals surface area contributed by atoms with Crippen molar-refractivity contribution in [2.75, 3.05) is 6.54 Å². The van der Waals surface area contributed by atoms with Gasteiger partial charge >= 0.3 is 0 Å². The Morgan fingerprint density at radius 2 is 2.16 bits per heavy atom. The van der Waals surface area contributed by atoms with Crippen molar-refractivity contribution in [2.24, 2.45) is 5.92 Å². The molecule has 0 atom stereocenters. The zero-order valence-electron chi connectivity index (χ0n) is 11.1. The van der Waals surface area contributed by atoms with Crippen LogP contribution >= 0.6 is 11.3 Å². The van der Waals surface area contributed by atoms with Gasteiger partial charge in [0.05, 0.1) is 5.60 Å². The van der Waals surface area contributed by atoms with Gasteiger partial charge in [0, 0.05) is 6.54 Å². The van der Waals surface area contributed by atoms with Crippen LogP contribution in [-0.4, -0.2) is 25.7 Å². The van der Waals surface area contributed by atoms with Crippen LogP contribution in [0.4, 0.5) is 0 Å². The standard InChI is InChI=1S/C13H21NO3S2/c1-2-11-5-7-13(15,8-6-11)10-14-19(16,17)12-4-3-9-18-12/h3-4,9,11,14-15H,2,5-8,10H2,1H3. The van der Waals surface area contributed by atoms with Crippen LogP contribution in [0, 0.1) is 5.92 Å². The molecule has 1 saturated carbocycles. The van der Waals surface area contributed by atoms with Crippen LogP contribution < -0.4 is 4.72 Å². The van der Waals surface area contributed by atoms with Crippen molar-refractivity contribution in [1.82, 2.24) is 4.72 Å². The minimum atomic E-state index is -3.47. The predicted molar refractivity (Wildman–Crippen MR) is 76.7 cm³/mol. The van der Waals surface area contributed by atoms with Gasteiger partial charge in [0.15, 0.2) is 0 Å². The largest absolute Gasteiger partial charge is 0.389 e. The molecule has 0 amide bonds. The number of hydrogen-bond donors (Lipinski definition) is 2. The Balaban J connectivity index is 1.92. The number of rotatable bonds is 5. The van der Waals surface area contributed by atoms with Gasteiger partial charge in [-0.15, -0.1) is 11.3 Å². The molecule has 2 rings (SSSR count). The Kier molecular flexibility index (Phi) is 4.66. The highest BCUT2D eigenvalue weighted by atomic mass is 32.2. The summed E-state index contributed by atoms with van der Waals surface area (Å²) in [6, 6.07) is 3.28. The van der Waals surface area contributed by atoms with Gasteiger partial charge in [0.2, 0.25) is 10.0 Å². The Bertz CT molecular complexity index is 488. The van der Waals surface area contributed by atoms with Crippen LogP contribution in [0.3, 0.4) is 0 Å². The van der Waals surface area contributed by atoms with Gasteiger partial charge in [0.1, 0.15) is 4.21 Å². The van der Waals surface area contributed by atoms with E-state index < -0.39 is 15.6 Å². The third-order valence-electron chi connectivity index (χ3n) is 3.96. The number of sulfonamides is 1.